The molecule has 0 bridgehead atoms. The maximum Gasteiger partial charge on any atom is 0.277 e. The van der Waals surface area contributed by atoms with Crippen LogP contribution < -0.4 is 4.74 Å². The molecule has 7 nitrogen and oxygen atoms in total. The second kappa shape index (κ2) is 9.23. The van der Waals surface area contributed by atoms with E-state index in [2.05, 4.69) is 15.2 Å². The summed E-state index contributed by atoms with van der Waals surface area (Å²) in [6.07, 6.45) is 1.84. The summed E-state index contributed by atoms with van der Waals surface area (Å²) >= 11 is 7.06. The highest BCUT2D eigenvalue weighted by atomic mass is 35.5. The summed E-state index contributed by atoms with van der Waals surface area (Å²) in [7, 11) is 1.74. The van der Waals surface area contributed by atoms with E-state index >= 15 is 0 Å². The number of hydrogen-bond donors (Lipinski definition) is 1. The van der Waals surface area contributed by atoms with Gasteiger partial charge in [-0.2, -0.15) is 0 Å². The van der Waals surface area contributed by atoms with Crippen LogP contribution in [-0.4, -0.2) is 51.9 Å². The third-order valence-corrected chi connectivity index (χ3v) is 5.54. The molecule has 2 heterocycles. The number of H-pyrrole nitrogens is 1. The number of ether oxygens (including phenoxy) is 1. The van der Waals surface area contributed by atoms with Crippen LogP contribution in [0.3, 0.4) is 0 Å². The van der Waals surface area contributed by atoms with Crippen molar-refractivity contribution in [3.05, 3.63) is 59.8 Å². The predicted octanol–water partition coefficient (Wildman–Crippen LogP) is 4.50. The number of carbonyl (C=O) groups excluding carboxylic acids is 1. The van der Waals surface area contributed by atoms with Gasteiger partial charge >= 0.3 is 0 Å². The van der Waals surface area contributed by atoms with E-state index < -0.39 is 0 Å². The molecule has 0 saturated carbocycles. The number of para-hydroxylation sites is 1. The van der Waals surface area contributed by atoms with Gasteiger partial charge in [0.25, 0.3) is 11.1 Å². The normalized spacial score (nSPS) is 11.0. The zero-order valence-electron chi connectivity index (χ0n) is 16.2. The van der Waals surface area contributed by atoms with Crippen molar-refractivity contribution in [2.75, 3.05) is 26.0 Å². The Bertz CT molecular complexity index is 1140. The molecule has 0 fully saturated rings. The van der Waals surface area contributed by atoms with Crippen molar-refractivity contribution in [2.24, 2.45) is 0 Å². The van der Waals surface area contributed by atoms with Gasteiger partial charge in [0.1, 0.15) is 12.4 Å². The maximum absolute atomic E-state index is 12.4. The SMILES string of the molecule is CN(CCOc1ccc(Cl)cc1)C(=O)CSc1nnc(-c2c[nH]c3ccccc23)o1. The van der Waals surface area contributed by atoms with Gasteiger partial charge in [-0.05, 0) is 30.3 Å². The van der Waals surface area contributed by atoms with E-state index in [1.165, 1.54) is 11.8 Å². The predicted molar refractivity (Wildman–Crippen MR) is 117 cm³/mol. The minimum absolute atomic E-state index is 0.0495. The summed E-state index contributed by atoms with van der Waals surface area (Å²) in [5.74, 6) is 1.29. The molecule has 9 heteroatoms. The number of aromatic amines is 1. The van der Waals surface area contributed by atoms with E-state index in [1.807, 2.05) is 30.5 Å². The van der Waals surface area contributed by atoms with E-state index in [9.17, 15) is 4.79 Å². The molecule has 2 aromatic carbocycles. The number of hydrogen-bond acceptors (Lipinski definition) is 6. The number of thioether (sulfide) groups is 1. The fourth-order valence-electron chi connectivity index (χ4n) is 2.82. The van der Waals surface area contributed by atoms with E-state index in [4.69, 9.17) is 20.8 Å². The Labute approximate surface area is 182 Å². The van der Waals surface area contributed by atoms with Crippen LogP contribution in [0.5, 0.6) is 5.75 Å². The molecule has 0 spiro atoms. The van der Waals surface area contributed by atoms with E-state index in [0.29, 0.717) is 35.0 Å². The number of nitrogens with zero attached hydrogens (tertiary/aromatic N) is 3. The highest BCUT2D eigenvalue weighted by Crippen LogP contribution is 2.29. The standard InChI is InChI=1S/C21H19ClN4O3S/c1-26(10-11-28-15-8-6-14(22)7-9-15)19(27)13-30-21-25-24-20(29-21)17-12-23-18-5-3-2-4-16(17)18/h2-9,12,23H,10-11,13H2,1H3. The largest absolute Gasteiger partial charge is 0.492 e. The minimum atomic E-state index is -0.0495. The molecular weight excluding hydrogens is 424 g/mol. The Morgan fingerprint density at radius 1 is 1.20 bits per heavy atom. The monoisotopic (exact) mass is 442 g/mol. The lowest BCUT2D eigenvalue weighted by molar-refractivity contribution is -0.127. The smallest absolute Gasteiger partial charge is 0.277 e. The van der Waals surface area contributed by atoms with Gasteiger partial charge in [-0.3, -0.25) is 4.79 Å². The highest BCUT2D eigenvalue weighted by Gasteiger charge is 2.16. The third kappa shape index (κ3) is 4.77. The van der Waals surface area contributed by atoms with E-state index in [1.54, 1.807) is 36.2 Å². The van der Waals surface area contributed by atoms with Crippen molar-refractivity contribution in [3.63, 3.8) is 0 Å². The van der Waals surface area contributed by atoms with Crippen molar-refractivity contribution in [2.45, 2.75) is 5.22 Å². The number of likely N-dealkylation sites (N-methyl/N-ethyl adjacent to an activating group) is 1. The maximum atomic E-state index is 12.4. The zero-order chi connectivity index (χ0) is 20.9. The summed E-state index contributed by atoms with van der Waals surface area (Å²) in [5.41, 5.74) is 1.84. The summed E-state index contributed by atoms with van der Waals surface area (Å²) in [4.78, 5) is 17.1. The van der Waals surface area contributed by atoms with Crippen molar-refractivity contribution < 1.29 is 13.9 Å². The Morgan fingerprint density at radius 2 is 2.00 bits per heavy atom. The Balaban J connectivity index is 1.27. The van der Waals surface area contributed by atoms with Crippen LogP contribution in [0.1, 0.15) is 0 Å². The molecule has 0 aliphatic rings. The van der Waals surface area contributed by atoms with E-state index in [-0.39, 0.29) is 11.7 Å². The van der Waals surface area contributed by atoms with Crippen LogP contribution in [0.4, 0.5) is 0 Å². The lowest BCUT2D eigenvalue weighted by atomic mass is 10.2. The fourth-order valence-corrected chi connectivity index (χ4v) is 3.64. The van der Waals surface area contributed by atoms with Crippen LogP contribution >= 0.6 is 23.4 Å². The van der Waals surface area contributed by atoms with Gasteiger partial charge in [0.2, 0.25) is 5.91 Å². The Hall–Kier alpha value is -2.97. The average Bonchev–Trinajstić information content (AvgIpc) is 3.40. The van der Waals surface area contributed by atoms with Crippen molar-refractivity contribution in [3.8, 4) is 17.2 Å². The van der Waals surface area contributed by atoms with Gasteiger partial charge in [0.05, 0.1) is 17.9 Å². The average molecular weight is 443 g/mol. The summed E-state index contributed by atoms with van der Waals surface area (Å²) in [5, 5.41) is 10.2. The van der Waals surface area contributed by atoms with Gasteiger partial charge in [0, 0.05) is 29.2 Å². The summed E-state index contributed by atoms with van der Waals surface area (Å²) < 4.78 is 11.4. The second-order valence-corrected chi connectivity index (χ2v) is 7.89. The zero-order valence-corrected chi connectivity index (χ0v) is 17.7. The number of halogens is 1. The van der Waals surface area contributed by atoms with Crippen LogP contribution in [0, 0.1) is 0 Å². The molecule has 0 saturated heterocycles. The number of fused-ring (bicyclic) bond motifs is 1. The van der Waals surface area contributed by atoms with Crippen molar-refractivity contribution >= 4 is 40.2 Å². The van der Waals surface area contributed by atoms with E-state index in [0.717, 1.165) is 16.5 Å². The molecule has 4 aromatic rings. The van der Waals surface area contributed by atoms with Gasteiger partial charge in [-0.25, -0.2) is 0 Å². The topological polar surface area (TPSA) is 84.2 Å². The first-order valence-corrected chi connectivity index (χ1v) is 10.6. The number of nitrogens with one attached hydrogen (secondary N) is 1. The lowest BCUT2D eigenvalue weighted by Crippen LogP contribution is -2.32. The quantitative estimate of drug-likeness (QED) is 0.404. The molecule has 0 radical (unpaired) electrons. The highest BCUT2D eigenvalue weighted by molar-refractivity contribution is 7.99. The molecular formula is C21H19ClN4O3S. The summed E-state index contributed by atoms with van der Waals surface area (Å²) in [6.45, 7) is 0.853. The lowest BCUT2D eigenvalue weighted by Gasteiger charge is -2.16. The van der Waals surface area contributed by atoms with Crippen LogP contribution in [-0.2, 0) is 4.79 Å². The van der Waals surface area contributed by atoms with Gasteiger partial charge < -0.3 is 19.0 Å². The molecule has 1 N–H and O–H groups in total. The molecule has 0 aliphatic carbocycles. The minimum Gasteiger partial charge on any atom is -0.492 e. The first-order chi connectivity index (χ1) is 14.6. The molecule has 4 rings (SSSR count). The summed E-state index contributed by atoms with van der Waals surface area (Å²) in [6, 6.07) is 15.0. The number of amides is 1. The molecule has 0 unspecified atom stereocenters. The van der Waals surface area contributed by atoms with Crippen molar-refractivity contribution in [1.29, 1.82) is 0 Å². The number of rotatable bonds is 8. The Morgan fingerprint density at radius 3 is 2.83 bits per heavy atom. The van der Waals surface area contributed by atoms with Crippen LogP contribution in [0.2, 0.25) is 5.02 Å². The second-order valence-electron chi connectivity index (χ2n) is 6.53. The van der Waals surface area contributed by atoms with Gasteiger partial charge in [-0.15, -0.1) is 10.2 Å². The molecule has 30 heavy (non-hydrogen) atoms. The van der Waals surface area contributed by atoms with Crippen LogP contribution in [0.25, 0.3) is 22.4 Å². The molecule has 0 atom stereocenters. The number of benzene rings is 2. The molecule has 154 valence electrons. The molecule has 1 amide bonds. The number of aromatic nitrogens is 3. The van der Waals surface area contributed by atoms with Crippen molar-refractivity contribution in [1.82, 2.24) is 20.1 Å². The molecule has 2 aromatic heterocycles. The first-order valence-electron chi connectivity index (χ1n) is 9.25. The van der Waals surface area contributed by atoms with Crippen LogP contribution in [0.15, 0.2) is 64.4 Å². The first kappa shape index (κ1) is 20.3. The third-order valence-electron chi connectivity index (χ3n) is 4.48. The van der Waals surface area contributed by atoms with Gasteiger partial charge in [-0.1, -0.05) is 41.6 Å². The molecule has 0 aliphatic heterocycles. The number of carbonyl (C=O) groups is 1. The van der Waals surface area contributed by atoms with Gasteiger partial charge in [0.15, 0.2) is 0 Å². The fraction of sp³-hybridized carbons (Fsp3) is 0.190. The Kier molecular flexibility index (Phi) is 6.25.